The Labute approximate surface area is 146 Å². The Bertz CT molecular complexity index is 596. The van der Waals surface area contributed by atoms with Gasteiger partial charge >= 0.3 is 0 Å². The van der Waals surface area contributed by atoms with Gasteiger partial charge in [-0.15, -0.1) is 0 Å². The molecular weight excluding hydrogens is 330 g/mol. The summed E-state index contributed by atoms with van der Waals surface area (Å²) in [4.78, 5) is 30.6. The van der Waals surface area contributed by atoms with Gasteiger partial charge in [-0.25, -0.2) is 0 Å². The monoisotopic (exact) mass is 351 g/mol. The number of piperazine rings is 1. The van der Waals surface area contributed by atoms with Crippen LogP contribution in [0.5, 0.6) is 0 Å². The van der Waals surface area contributed by atoms with E-state index in [0.717, 1.165) is 13.1 Å². The molecule has 2 aliphatic heterocycles. The Morgan fingerprint density at radius 1 is 1.00 bits per heavy atom. The summed E-state index contributed by atoms with van der Waals surface area (Å²) in [5.74, 6) is 0.101. The highest BCUT2D eigenvalue weighted by Crippen LogP contribution is 2.14. The number of nitrogens with zero attached hydrogens (tertiary/aromatic N) is 3. The summed E-state index contributed by atoms with van der Waals surface area (Å²) in [6.45, 7) is 5.69. The first kappa shape index (κ1) is 17.2. The van der Waals surface area contributed by atoms with Gasteiger partial charge in [-0.1, -0.05) is 17.7 Å². The molecule has 0 spiro atoms. The van der Waals surface area contributed by atoms with Crippen molar-refractivity contribution in [1.29, 1.82) is 0 Å². The first-order valence-corrected chi connectivity index (χ1v) is 8.64. The molecule has 24 heavy (non-hydrogen) atoms. The number of halogens is 1. The molecule has 2 aliphatic rings. The van der Waals surface area contributed by atoms with Gasteiger partial charge in [0.05, 0.1) is 19.8 Å². The van der Waals surface area contributed by atoms with Crippen molar-refractivity contribution in [3.63, 3.8) is 0 Å². The number of benzene rings is 1. The van der Waals surface area contributed by atoms with Gasteiger partial charge < -0.3 is 14.5 Å². The third-order valence-corrected chi connectivity index (χ3v) is 4.69. The van der Waals surface area contributed by atoms with E-state index in [1.807, 2.05) is 4.90 Å². The average Bonchev–Trinajstić information content (AvgIpc) is 2.62. The van der Waals surface area contributed by atoms with Crippen LogP contribution in [-0.4, -0.2) is 85.5 Å². The highest BCUT2D eigenvalue weighted by Gasteiger charge is 2.26. The van der Waals surface area contributed by atoms with Gasteiger partial charge in [-0.3, -0.25) is 14.5 Å². The molecule has 2 amide bonds. The van der Waals surface area contributed by atoms with Crippen molar-refractivity contribution in [2.45, 2.75) is 0 Å². The fourth-order valence-corrected chi connectivity index (χ4v) is 3.20. The van der Waals surface area contributed by atoms with Gasteiger partial charge in [-0.05, 0) is 18.2 Å². The molecule has 130 valence electrons. The molecule has 0 aliphatic carbocycles. The smallest absolute Gasteiger partial charge is 0.254 e. The molecule has 0 bridgehead atoms. The van der Waals surface area contributed by atoms with Crippen LogP contribution in [0.15, 0.2) is 24.3 Å². The molecule has 2 saturated heterocycles. The second kappa shape index (κ2) is 7.96. The minimum Gasteiger partial charge on any atom is -0.379 e. The molecule has 6 nitrogen and oxygen atoms in total. The lowest BCUT2D eigenvalue weighted by atomic mass is 10.2. The number of amides is 2. The van der Waals surface area contributed by atoms with Gasteiger partial charge in [-0.2, -0.15) is 0 Å². The van der Waals surface area contributed by atoms with E-state index in [1.54, 1.807) is 29.2 Å². The number of morpholine rings is 1. The van der Waals surface area contributed by atoms with Crippen molar-refractivity contribution in [3.05, 3.63) is 34.9 Å². The second-order valence-corrected chi connectivity index (χ2v) is 6.51. The Balaban J connectivity index is 1.50. The number of hydrogen-bond acceptors (Lipinski definition) is 4. The molecule has 1 aromatic rings. The lowest BCUT2D eigenvalue weighted by Crippen LogP contribution is -2.53. The van der Waals surface area contributed by atoms with E-state index < -0.39 is 0 Å². The summed E-state index contributed by atoms with van der Waals surface area (Å²) in [6, 6.07) is 6.97. The normalized spacial score (nSPS) is 19.4. The summed E-state index contributed by atoms with van der Waals surface area (Å²) in [6.07, 6.45) is 0. The Morgan fingerprint density at radius 3 is 2.33 bits per heavy atom. The van der Waals surface area contributed by atoms with E-state index in [-0.39, 0.29) is 11.8 Å². The fraction of sp³-hybridized carbons (Fsp3) is 0.529. The molecule has 1 aromatic carbocycles. The van der Waals surface area contributed by atoms with Crippen molar-refractivity contribution in [1.82, 2.24) is 14.7 Å². The number of rotatable bonds is 3. The third kappa shape index (κ3) is 4.26. The Kier molecular flexibility index (Phi) is 5.71. The maximum atomic E-state index is 12.5. The minimum absolute atomic E-state index is 0.0298. The van der Waals surface area contributed by atoms with E-state index in [4.69, 9.17) is 16.3 Å². The van der Waals surface area contributed by atoms with Crippen molar-refractivity contribution in [2.24, 2.45) is 0 Å². The lowest BCUT2D eigenvalue weighted by molar-refractivity contribution is -0.134. The van der Waals surface area contributed by atoms with Gasteiger partial charge in [0.2, 0.25) is 5.91 Å². The molecule has 0 N–H and O–H groups in total. The minimum atomic E-state index is -0.0298. The summed E-state index contributed by atoms with van der Waals surface area (Å²) in [5, 5.41) is 0.556. The standard InChI is InChI=1S/C17H22ClN3O3/c18-15-3-1-2-14(12-15)17(23)21-6-4-20(5-7-21)16(22)13-19-8-10-24-11-9-19/h1-3,12H,4-11,13H2. The maximum Gasteiger partial charge on any atom is 0.254 e. The first-order valence-electron chi connectivity index (χ1n) is 8.26. The molecular formula is C17H22ClN3O3. The zero-order valence-electron chi connectivity index (χ0n) is 13.6. The van der Waals surface area contributed by atoms with E-state index in [2.05, 4.69) is 4.90 Å². The van der Waals surface area contributed by atoms with Crippen molar-refractivity contribution >= 4 is 23.4 Å². The van der Waals surface area contributed by atoms with Crippen LogP contribution in [0, 0.1) is 0 Å². The molecule has 2 heterocycles. The summed E-state index contributed by atoms with van der Waals surface area (Å²) in [7, 11) is 0. The summed E-state index contributed by atoms with van der Waals surface area (Å²) in [5.41, 5.74) is 0.593. The van der Waals surface area contributed by atoms with Crippen LogP contribution in [0.4, 0.5) is 0 Å². The predicted octanol–water partition coefficient (Wildman–Crippen LogP) is 0.957. The molecule has 0 aromatic heterocycles. The van der Waals surface area contributed by atoms with Crippen molar-refractivity contribution < 1.29 is 14.3 Å². The molecule has 3 rings (SSSR count). The number of carbonyl (C=O) groups excluding carboxylic acids is 2. The SMILES string of the molecule is O=C(CN1CCOCC1)N1CCN(C(=O)c2cccc(Cl)c2)CC1. The summed E-state index contributed by atoms with van der Waals surface area (Å²) < 4.78 is 5.30. The fourth-order valence-electron chi connectivity index (χ4n) is 3.01. The van der Waals surface area contributed by atoms with Crippen molar-refractivity contribution in [2.75, 3.05) is 59.0 Å². The van der Waals surface area contributed by atoms with E-state index in [0.29, 0.717) is 56.5 Å². The Hall–Kier alpha value is -1.63. The van der Waals surface area contributed by atoms with Gasteiger partial charge in [0.25, 0.3) is 5.91 Å². The van der Waals surface area contributed by atoms with Crippen LogP contribution in [0.3, 0.4) is 0 Å². The molecule has 0 radical (unpaired) electrons. The van der Waals surface area contributed by atoms with Crippen LogP contribution >= 0.6 is 11.6 Å². The lowest BCUT2D eigenvalue weighted by Gasteiger charge is -2.36. The zero-order valence-corrected chi connectivity index (χ0v) is 14.4. The predicted molar refractivity (Wildman–Crippen MR) is 91.2 cm³/mol. The van der Waals surface area contributed by atoms with E-state index >= 15 is 0 Å². The summed E-state index contributed by atoms with van der Waals surface area (Å²) >= 11 is 5.95. The van der Waals surface area contributed by atoms with Gasteiger partial charge in [0.15, 0.2) is 0 Å². The van der Waals surface area contributed by atoms with Gasteiger partial charge in [0.1, 0.15) is 0 Å². The van der Waals surface area contributed by atoms with Crippen LogP contribution in [0.2, 0.25) is 5.02 Å². The van der Waals surface area contributed by atoms with E-state index in [1.165, 1.54) is 0 Å². The highest BCUT2D eigenvalue weighted by molar-refractivity contribution is 6.30. The van der Waals surface area contributed by atoms with Gasteiger partial charge in [0, 0.05) is 49.9 Å². The number of carbonyl (C=O) groups is 2. The third-order valence-electron chi connectivity index (χ3n) is 4.45. The molecule has 0 saturated carbocycles. The highest BCUT2D eigenvalue weighted by atomic mass is 35.5. The number of ether oxygens (including phenoxy) is 1. The Morgan fingerprint density at radius 2 is 1.67 bits per heavy atom. The van der Waals surface area contributed by atoms with Crippen LogP contribution < -0.4 is 0 Å². The topological polar surface area (TPSA) is 53.1 Å². The molecule has 0 atom stereocenters. The van der Waals surface area contributed by atoms with E-state index in [9.17, 15) is 9.59 Å². The molecule has 0 unspecified atom stereocenters. The first-order chi connectivity index (χ1) is 11.6. The molecule has 2 fully saturated rings. The number of hydrogen-bond donors (Lipinski definition) is 0. The quantitative estimate of drug-likeness (QED) is 0.814. The molecule has 7 heteroatoms. The zero-order chi connectivity index (χ0) is 16.9. The largest absolute Gasteiger partial charge is 0.379 e. The maximum absolute atomic E-state index is 12.5. The second-order valence-electron chi connectivity index (χ2n) is 6.07. The van der Waals surface area contributed by atoms with Crippen LogP contribution in [0.25, 0.3) is 0 Å². The van der Waals surface area contributed by atoms with Crippen LogP contribution in [0.1, 0.15) is 10.4 Å². The van der Waals surface area contributed by atoms with Crippen LogP contribution in [-0.2, 0) is 9.53 Å². The average molecular weight is 352 g/mol. The van der Waals surface area contributed by atoms with Crippen molar-refractivity contribution in [3.8, 4) is 0 Å².